The van der Waals surface area contributed by atoms with Crippen molar-refractivity contribution in [3.63, 3.8) is 0 Å². The molecule has 20 heavy (non-hydrogen) atoms. The molecule has 0 fully saturated rings. The number of carboxylic acid groups (broad SMARTS) is 1. The Bertz CT molecular complexity index is 599. The van der Waals surface area contributed by atoms with Gasteiger partial charge in [-0.2, -0.15) is 0 Å². The Hall–Kier alpha value is -2.43. The van der Waals surface area contributed by atoms with Crippen LogP contribution in [0.1, 0.15) is 18.4 Å². The zero-order valence-electron chi connectivity index (χ0n) is 10.8. The summed E-state index contributed by atoms with van der Waals surface area (Å²) in [5.41, 5.74) is 0.172. The first kappa shape index (κ1) is 14.0. The number of carbonyl (C=O) groups is 2. The molecule has 1 unspecified atom stereocenters. The van der Waals surface area contributed by atoms with Crippen LogP contribution in [0.4, 0.5) is 4.39 Å². The molecule has 1 aromatic carbocycles. The lowest BCUT2D eigenvalue weighted by Gasteiger charge is -2.19. The molecular weight excluding hydrogens is 263 g/mol. The predicted molar refractivity (Wildman–Crippen MR) is 69.6 cm³/mol. The van der Waals surface area contributed by atoms with E-state index >= 15 is 0 Å². The second-order valence-corrected chi connectivity index (χ2v) is 4.23. The van der Waals surface area contributed by atoms with Gasteiger partial charge in [-0.15, -0.1) is 0 Å². The van der Waals surface area contributed by atoms with Crippen LogP contribution in [0.5, 0.6) is 0 Å². The summed E-state index contributed by atoms with van der Waals surface area (Å²) in [6, 6.07) is 5.40. The standard InChI is InChI=1S/C15H13FO4/c1-2-20-12-8-7-11(14(17)13(12)15(18)19)9-3-5-10(16)6-4-9/h3-8,11H,2H2,1H3,(H,18,19). The van der Waals surface area contributed by atoms with Gasteiger partial charge in [0.2, 0.25) is 0 Å². The third-order valence-electron chi connectivity index (χ3n) is 2.96. The number of rotatable bonds is 4. The summed E-state index contributed by atoms with van der Waals surface area (Å²) >= 11 is 0. The minimum Gasteiger partial charge on any atom is -0.493 e. The molecule has 0 saturated carbocycles. The van der Waals surface area contributed by atoms with Crippen LogP contribution < -0.4 is 0 Å². The summed E-state index contributed by atoms with van der Waals surface area (Å²) in [4.78, 5) is 23.5. The van der Waals surface area contributed by atoms with Gasteiger partial charge in [0.25, 0.3) is 0 Å². The first-order valence-electron chi connectivity index (χ1n) is 6.12. The van der Waals surface area contributed by atoms with E-state index in [4.69, 9.17) is 9.84 Å². The number of carbonyl (C=O) groups excluding carboxylic acids is 1. The number of benzene rings is 1. The van der Waals surface area contributed by atoms with Crippen molar-refractivity contribution in [2.24, 2.45) is 0 Å². The van der Waals surface area contributed by atoms with E-state index in [1.54, 1.807) is 13.0 Å². The van der Waals surface area contributed by atoms with Gasteiger partial charge in [0.1, 0.15) is 17.1 Å². The number of hydrogen-bond acceptors (Lipinski definition) is 3. The first-order chi connectivity index (χ1) is 9.54. The quantitative estimate of drug-likeness (QED) is 0.858. The van der Waals surface area contributed by atoms with Gasteiger partial charge < -0.3 is 9.84 Å². The highest BCUT2D eigenvalue weighted by molar-refractivity contribution is 6.21. The molecule has 1 aliphatic rings. The van der Waals surface area contributed by atoms with Gasteiger partial charge in [0, 0.05) is 0 Å². The van der Waals surface area contributed by atoms with Gasteiger partial charge >= 0.3 is 5.97 Å². The van der Waals surface area contributed by atoms with Crippen LogP contribution in [-0.2, 0) is 14.3 Å². The number of aliphatic carboxylic acids is 1. The summed E-state index contributed by atoms with van der Waals surface area (Å²) in [6.45, 7) is 1.97. The highest BCUT2D eigenvalue weighted by Gasteiger charge is 2.32. The van der Waals surface area contributed by atoms with Crippen LogP contribution in [0.15, 0.2) is 47.7 Å². The van der Waals surface area contributed by atoms with Crippen molar-refractivity contribution in [2.75, 3.05) is 6.61 Å². The Kier molecular flexibility index (Phi) is 3.98. The van der Waals surface area contributed by atoms with Crippen molar-refractivity contribution in [3.05, 3.63) is 59.1 Å². The number of halogens is 1. The molecule has 4 nitrogen and oxygen atoms in total. The second-order valence-electron chi connectivity index (χ2n) is 4.23. The monoisotopic (exact) mass is 276 g/mol. The third kappa shape index (κ3) is 2.61. The fourth-order valence-electron chi connectivity index (χ4n) is 2.05. The summed E-state index contributed by atoms with van der Waals surface area (Å²) in [7, 11) is 0. The normalized spacial score (nSPS) is 18.3. The zero-order chi connectivity index (χ0) is 14.7. The predicted octanol–water partition coefficient (Wildman–Crippen LogP) is 2.42. The zero-order valence-corrected chi connectivity index (χ0v) is 10.8. The summed E-state index contributed by atoms with van der Waals surface area (Å²) in [6.07, 6.45) is 3.04. The fourth-order valence-corrected chi connectivity index (χ4v) is 2.05. The minimum absolute atomic E-state index is 0.0587. The van der Waals surface area contributed by atoms with Gasteiger partial charge in [0.15, 0.2) is 5.78 Å². The molecule has 0 saturated heterocycles. The van der Waals surface area contributed by atoms with E-state index in [0.717, 1.165) is 0 Å². The molecule has 0 aliphatic heterocycles. The smallest absolute Gasteiger partial charge is 0.343 e. The molecule has 1 N–H and O–H groups in total. The van der Waals surface area contributed by atoms with E-state index in [9.17, 15) is 14.0 Å². The number of allylic oxidation sites excluding steroid dienone is 2. The average Bonchev–Trinajstić information content (AvgIpc) is 2.40. The van der Waals surface area contributed by atoms with Crippen molar-refractivity contribution in [1.82, 2.24) is 0 Å². The van der Waals surface area contributed by atoms with E-state index in [0.29, 0.717) is 5.56 Å². The van der Waals surface area contributed by atoms with Crippen LogP contribution in [-0.4, -0.2) is 23.5 Å². The number of carboxylic acids is 1. The van der Waals surface area contributed by atoms with Gasteiger partial charge in [-0.25, -0.2) is 9.18 Å². The lowest BCUT2D eigenvalue weighted by molar-refractivity contribution is -0.135. The Labute approximate surface area is 115 Å². The first-order valence-corrected chi connectivity index (χ1v) is 6.12. The lowest BCUT2D eigenvalue weighted by Crippen LogP contribution is -2.24. The van der Waals surface area contributed by atoms with E-state index in [2.05, 4.69) is 0 Å². The molecule has 0 bridgehead atoms. The summed E-state index contributed by atoms with van der Waals surface area (Å²) in [5.74, 6) is -2.97. The summed E-state index contributed by atoms with van der Waals surface area (Å²) in [5, 5.41) is 9.16. The van der Waals surface area contributed by atoms with Gasteiger partial charge in [-0.1, -0.05) is 18.2 Å². The number of ketones is 1. The molecule has 104 valence electrons. The molecule has 0 amide bonds. The van der Waals surface area contributed by atoms with Crippen LogP contribution in [0.2, 0.25) is 0 Å². The van der Waals surface area contributed by atoms with Crippen molar-refractivity contribution < 1.29 is 23.8 Å². The highest BCUT2D eigenvalue weighted by atomic mass is 19.1. The lowest BCUT2D eigenvalue weighted by atomic mass is 9.86. The molecule has 0 radical (unpaired) electrons. The van der Waals surface area contributed by atoms with E-state index in [1.165, 1.54) is 30.3 Å². The molecule has 1 aromatic rings. The number of Topliss-reactive ketones (excluding diaryl/α,β-unsaturated/α-hetero) is 1. The van der Waals surface area contributed by atoms with Crippen molar-refractivity contribution in [3.8, 4) is 0 Å². The second kappa shape index (κ2) is 5.69. The number of hydrogen-bond donors (Lipinski definition) is 1. The van der Waals surface area contributed by atoms with Crippen molar-refractivity contribution >= 4 is 11.8 Å². The minimum atomic E-state index is -1.32. The maximum absolute atomic E-state index is 12.9. The fraction of sp³-hybridized carbons (Fsp3) is 0.200. The molecule has 1 atom stereocenters. The Morgan fingerprint density at radius 2 is 2.00 bits per heavy atom. The summed E-state index contributed by atoms with van der Waals surface area (Å²) < 4.78 is 18.1. The third-order valence-corrected chi connectivity index (χ3v) is 2.96. The molecule has 2 rings (SSSR count). The van der Waals surface area contributed by atoms with Gasteiger partial charge in [0.05, 0.1) is 12.5 Å². The van der Waals surface area contributed by atoms with Crippen LogP contribution in [0.3, 0.4) is 0 Å². The van der Waals surface area contributed by atoms with Crippen LogP contribution in [0.25, 0.3) is 0 Å². The van der Waals surface area contributed by atoms with Crippen molar-refractivity contribution in [1.29, 1.82) is 0 Å². The van der Waals surface area contributed by atoms with Crippen molar-refractivity contribution in [2.45, 2.75) is 12.8 Å². The average molecular weight is 276 g/mol. The van der Waals surface area contributed by atoms with Crippen LogP contribution >= 0.6 is 0 Å². The van der Waals surface area contributed by atoms with E-state index in [-0.39, 0.29) is 17.9 Å². The van der Waals surface area contributed by atoms with E-state index in [1.807, 2.05) is 0 Å². The largest absolute Gasteiger partial charge is 0.493 e. The SMILES string of the molecule is CCOC1=C(C(=O)O)C(=O)C(c2ccc(F)cc2)C=C1. The van der Waals surface area contributed by atoms with Gasteiger partial charge in [-0.3, -0.25) is 4.79 Å². The van der Waals surface area contributed by atoms with Crippen LogP contribution in [0, 0.1) is 5.82 Å². The Balaban J connectivity index is 2.38. The topological polar surface area (TPSA) is 63.6 Å². The Morgan fingerprint density at radius 1 is 1.35 bits per heavy atom. The van der Waals surface area contributed by atoms with Gasteiger partial charge in [-0.05, 0) is 30.7 Å². The Morgan fingerprint density at radius 3 is 2.55 bits per heavy atom. The molecule has 1 aliphatic carbocycles. The molecular formula is C15H13FO4. The maximum atomic E-state index is 12.9. The maximum Gasteiger partial charge on any atom is 0.343 e. The molecule has 0 aromatic heterocycles. The highest BCUT2D eigenvalue weighted by Crippen LogP contribution is 2.29. The molecule has 0 spiro atoms. The number of ether oxygens (including phenoxy) is 1. The van der Waals surface area contributed by atoms with E-state index < -0.39 is 23.5 Å². The molecule has 5 heteroatoms. The molecule has 0 heterocycles.